The zero-order chi connectivity index (χ0) is 23.8. The summed E-state index contributed by atoms with van der Waals surface area (Å²) in [4.78, 5) is 30.4. The quantitative estimate of drug-likeness (QED) is 0.486. The third kappa shape index (κ3) is 4.23. The first-order valence-corrected chi connectivity index (χ1v) is 10.8. The van der Waals surface area contributed by atoms with Crippen LogP contribution in [-0.2, 0) is 10.3 Å². The van der Waals surface area contributed by atoms with E-state index in [0.29, 0.717) is 15.9 Å². The second-order valence-electron chi connectivity index (χ2n) is 7.35. The molecule has 1 unspecified atom stereocenters. The van der Waals surface area contributed by atoms with Gasteiger partial charge in [0.1, 0.15) is 5.82 Å². The summed E-state index contributed by atoms with van der Waals surface area (Å²) < 4.78 is 56.1. The molecule has 1 aliphatic heterocycles. The Morgan fingerprint density at radius 1 is 1.21 bits per heavy atom. The lowest BCUT2D eigenvalue weighted by atomic mass is 9.85. The Balaban J connectivity index is 1.62. The van der Waals surface area contributed by atoms with Crippen molar-refractivity contribution in [3.05, 3.63) is 53.8 Å². The molecule has 1 saturated heterocycles. The summed E-state index contributed by atoms with van der Waals surface area (Å²) in [5.74, 6) is -1.50. The zero-order valence-electron chi connectivity index (χ0n) is 17.3. The number of rotatable bonds is 4. The standard InChI is InChI=1S/C21H19F4N5O2S/c1-2-30-10-9-26-20(17(30)31,21(23,24)25)12-3-8-15-16(11-12)33-19(28-15)29-18(32)27-14-6-4-13(22)5-7-14/h3-8,11,26H,2,9-10H2,1H3,(H2,27,28,29,32). The van der Waals surface area contributed by atoms with Crippen LogP contribution < -0.4 is 16.0 Å². The SMILES string of the molecule is CCN1CCNC(c2ccc3nc(NC(=O)Nc4ccc(F)cc4)sc3c2)(C(F)(F)F)C1=O. The number of nitrogens with one attached hydrogen (secondary N) is 3. The van der Waals surface area contributed by atoms with Gasteiger partial charge in [0.25, 0.3) is 5.91 Å². The van der Waals surface area contributed by atoms with Crippen LogP contribution >= 0.6 is 11.3 Å². The fourth-order valence-electron chi connectivity index (χ4n) is 3.71. The lowest BCUT2D eigenvalue weighted by Gasteiger charge is -2.43. The van der Waals surface area contributed by atoms with E-state index in [1.807, 2.05) is 0 Å². The molecule has 0 aliphatic carbocycles. The highest BCUT2D eigenvalue weighted by atomic mass is 32.1. The van der Waals surface area contributed by atoms with Gasteiger partial charge in [-0.15, -0.1) is 0 Å². The third-order valence-electron chi connectivity index (χ3n) is 5.33. The Labute approximate surface area is 189 Å². The van der Waals surface area contributed by atoms with E-state index in [2.05, 4.69) is 20.9 Å². The molecule has 1 atom stereocenters. The van der Waals surface area contributed by atoms with Crippen molar-refractivity contribution >= 4 is 44.3 Å². The van der Waals surface area contributed by atoms with Gasteiger partial charge in [-0.3, -0.25) is 15.4 Å². The van der Waals surface area contributed by atoms with Gasteiger partial charge in [0.15, 0.2) is 5.13 Å². The molecule has 0 bridgehead atoms. The topological polar surface area (TPSA) is 86.4 Å². The molecule has 2 aromatic carbocycles. The van der Waals surface area contributed by atoms with Crippen LogP contribution in [0.3, 0.4) is 0 Å². The number of amides is 3. The predicted octanol–water partition coefficient (Wildman–Crippen LogP) is 4.29. The maximum absolute atomic E-state index is 14.2. The maximum Gasteiger partial charge on any atom is 0.419 e. The van der Waals surface area contributed by atoms with Crippen LogP contribution in [0.1, 0.15) is 12.5 Å². The molecule has 0 radical (unpaired) electrons. The summed E-state index contributed by atoms with van der Waals surface area (Å²) in [5, 5.41) is 7.57. The molecular formula is C21H19F4N5O2S. The minimum absolute atomic E-state index is 0.00379. The summed E-state index contributed by atoms with van der Waals surface area (Å²) in [5.41, 5.74) is -2.37. The molecule has 4 rings (SSSR count). The first-order chi connectivity index (χ1) is 15.6. The van der Waals surface area contributed by atoms with E-state index in [9.17, 15) is 27.2 Å². The number of carbonyl (C=O) groups is 2. The number of alkyl halides is 3. The second kappa shape index (κ2) is 8.60. The number of piperazine rings is 1. The van der Waals surface area contributed by atoms with Crippen molar-refractivity contribution < 1.29 is 27.2 Å². The average Bonchev–Trinajstić information content (AvgIpc) is 3.16. The monoisotopic (exact) mass is 481 g/mol. The van der Waals surface area contributed by atoms with E-state index < -0.39 is 29.5 Å². The normalized spacial score (nSPS) is 19.1. The van der Waals surface area contributed by atoms with Crippen LogP contribution in [0.4, 0.5) is 33.2 Å². The molecule has 3 aromatic rings. The van der Waals surface area contributed by atoms with Gasteiger partial charge in [-0.2, -0.15) is 13.2 Å². The van der Waals surface area contributed by atoms with Gasteiger partial charge in [-0.05, 0) is 48.9 Å². The Bertz CT molecular complexity index is 1200. The Morgan fingerprint density at radius 3 is 2.61 bits per heavy atom. The van der Waals surface area contributed by atoms with E-state index in [0.717, 1.165) is 11.3 Å². The van der Waals surface area contributed by atoms with Crippen molar-refractivity contribution in [2.45, 2.75) is 18.6 Å². The molecule has 1 fully saturated rings. The van der Waals surface area contributed by atoms with Gasteiger partial charge < -0.3 is 10.2 Å². The molecule has 2 heterocycles. The van der Waals surface area contributed by atoms with Gasteiger partial charge in [0.2, 0.25) is 5.54 Å². The van der Waals surface area contributed by atoms with E-state index in [1.54, 1.807) is 6.92 Å². The van der Waals surface area contributed by atoms with Crippen LogP contribution in [0.25, 0.3) is 10.2 Å². The van der Waals surface area contributed by atoms with Crippen LogP contribution in [-0.4, -0.2) is 47.6 Å². The first kappa shape index (κ1) is 22.9. The summed E-state index contributed by atoms with van der Waals surface area (Å²) in [6, 6.07) is 8.37. The van der Waals surface area contributed by atoms with Crippen molar-refractivity contribution in [2.24, 2.45) is 0 Å². The van der Waals surface area contributed by atoms with Gasteiger partial charge in [-0.1, -0.05) is 17.4 Å². The predicted molar refractivity (Wildman–Crippen MR) is 117 cm³/mol. The van der Waals surface area contributed by atoms with Crippen molar-refractivity contribution in [1.82, 2.24) is 15.2 Å². The lowest BCUT2D eigenvalue weighted by Crippen LogP contribution is -2.68. The number of carbonyl (C=O) groups excluding carboxylic acids is 2. The number of fused-ring (bicyclic) bond motifs is 1. The molecule has 12 heteroatoms. The van der Waals surface area contributed by atoms with Gasteiger partial charge >= 0.3 is 12.2 Å². The van der Waals surface area contributed by atoms with E-state index in [4.69, 9.17) is 0 Å². The molecule has 7 nitrogen and oxygen atoms in total. The van der Waals surface area contributed by atoms with Crippen molar-refractivity contribution in [1.29, 1.82) is 0 Å². The number of hydrogen-bond donors (Lipinski definition) is 3. The highest BCUT2D eigenvalue weighted by Gasteiger charge is 2.63. The molecule has 1 aliphatic rings. The van der Waals surface area contributed by atoms with E-state index >= 15 is 0 Å². The number of halogens is 4. The highest BCUT2D eigenvalue weighted by Crippen LogP contribution is 2.43. The summed E-state index contributed by atoms with van der Waals surface area (Å²) in [6.07, 6.45) is -4.87. The minimum atomic E-state index is -4.87. The van der Waals surface area contributed by atoms with E-state index in [1.165, 1.54) is 47.4 Å². The molecule has 0 spiro atoms. The first-order valence-electron chi connectivity index (χ1n) is 10.00. The minimum Gasteiger partial charge on any atom is -0.339 e. The van der Waals surface area contributed by atoms with Crippen LogP contribution in [0, 0.1) is 5.82 Å². The largest absolute Gasteiger partial charge is 0.419 e. The van der Waals surface area contributed by atoms with Crippen LogP contribution in [0.15, 0.2) is 42.5 Å². The van der Waals surface area contributed by atoms with Gasteiger partial charge in [0, 0.05) is 25.3 Å². The summed E-state index contributed by atoms with van der Waals surface area (Å²) >= 11 is 0.971. The van der Waals surface area contributed by atoms with Gasteiger partial charge in [-0.25, -0.2) is 14.2 Å². The summed E-state index contributed by atoms with van der Waals surface area (Å²) in [6.45, 7) is 1.98. The highest BCUT2D eigenvalue weighted by molar-refractivity contribution is 7.22. The third-order valence-corrected chi connectivity index (χ3v) is 6.26. The van der Waals surface area contributed by atoms with Crippen LogP contribution in [0.5, 0.6) is 0 Å². The Hall–Kier alpha value is -3.25. The average molecular weight is 481 g/mol. The lowest BCUT2D eigenvalue weighted by molar-refractivity contribution is -0.214. The molecule has 3 amide bonds. The number of likely N-dealkylation sites (N-methyl/N-ethyl adjacent to an activating group) is 1. The number of nitrogens with zero attached hydrogens (tertiary/aromatic N) is 2. The van der Waals surface area contributed by atoms with Crippen molar-refractivity contribution in [3.63, 3.8) is 0 Å². The molecule has 33 heavy (non-hydrogen) atoms. The fourth-order valence-corrected chi connectivity index (χ4v) is 4.61. The second-order valence-corrected chi connectivity index (χ2v) is 8.38. The number of urea groups is 1. The number of hydrogen-bond acceptors (Lipinski definition) is 5. The Kier molecular flexibility index (Phi) is 5.97. The number of benzene rings is 2. The molecule has 3 N–H and O–H groups in total. The van der Waals surface area contributed by atoms with E-state index in [-0.39, 0.29) is 30.3 Å². The summed E-state index contributed by atoms with van der Waals surface area (Å²) in [7, 11) is 0. The fraction of sp³-hybridized carbons (Fsp3) is 0.286. The Morgan fingerprint density at radius 2 is 1.94 bits per heavy atom. The molecular weight excluding hydrogens is 462 g/mol. The smallest absolute Gasteiger partial charge is 0.339 e. The number of thiazole rings is 1. The maximum atomic E-state index is 14.2. The molecule has 174 valence electrons. The zero-order valence-corrected chi connectivity index (χ0v) is 18.1. The number of aromatic nitrogens is 1. The van der Waals surface area contributed by atoms with Crippen LogP contribution in [0.2, 0.25) is 0 Å². The number of anilines is 2. The molecule has 0 saturated carbocycles. The van der Waals surface area contributed by atoms with Crippen molar-refractivity contribution in [3.8, 4) is 0 Å². The molecule has 1 aromatic heterocycles. The van der Waals surface area contributed by atoms with Crippen molar-refractivity contribution in [2.75, 3.05) is 30.3 Å². The van der Waals surface area contributed by atoms with Gasteiger partial charge in [0.05, 0.1) is 10.2 Å².